The van der Waals surface area contributed by atoms with Crippen LogP contribution in [0.5, 0.6) is 0 Å². The Balaban J connectivity index is 1.55. The predicted molar refractivity (Wildman–Crippen MR) is 87.8 cm³/mol. The van der Waals surface area contributed by atoms with Crippen molar-refractivity contribution in [1.29, 1.82) is 0 Å². The molecule has 3 atom stereocenters. The van der Waals surface area contributed by atoms with Crippen molar-refractivity contribution >= 4 is 11.7 Å². The van der Waals surface area contributed by atoms with Crippen LogP contribution in [-0.4, -0.2) is 56.0 Å². The zero-order chi connectivity index (χ0) is 15.8. The van der Waals surface area contributed by atoms with E-state index in [2.05, 4.69) is 12.1 Å². The molecule has 1 saturated heterocycles. The molecule has 4 rings (SSSR count). The van der Waals surface area contributed by atoms with E-state index in [-0.39, 0.29) is 24.3 Å². The average Bonchev–Trinajstić information content (AvgIpc) is 3.04. The van der Waals surface area contributed by atoms with Gasteiger partial charge in [-0.05, 0) is 37.3 Å². The molecule has 124 valence electrons. The zero-order valence-electron chi connectivity index (χ0n) is 13.6. The van der Waals surface area contributed by atoms with Gasteiger partial charge < -0.3 is 14.4 Å². The number of morpholine rings is 1. The quantitative estimate of drug-likeness (QED) is 0.799. The van der Waals surface area contributed by atoms with Gasteiger partial charge in [0.25, 0.3) is 0 Å². The van der Waals surface area contributed by atoms with E-state index < -0.39 is 0 Å². The lowest BCUT2D eigenvalue weighted by atomic mass is 9.88. The minimum absolute atomic E-state index is 0.130. The van der Waals surface area contributed by atoms with Gasteiger partial charge in [0.1, 0.15) is 0 Å². The molecule has 0 bridgehead atoms. The van der Waals surface area contributed by atoms with Crippen LogP contribution in [0.25, 0.3) is 0 Å². The summed E-state index contributed by atoms with van der Waals surface area (Å²) in [6.07, 6.45) is 4.22. The van der Waals surface area contributed by atoms with Crippen LogP contribution in [-0.2, 0) is 15.9 Å². The van der Waals surface area contributed by atoms with Gasteiger partial charge in [-0.1, -0.05) is 18.2 Å². The van der Waals surface area contributed by atoms with Crippen LogP contribution < -0.4 is 4.90 Å². The van der Waals surface area contributed by atoms with E-state index in [1.54, 1.807) is 7.11 Å². The first-order valence-corrected chi connectivity index (χ1v) is 8.58. The van der Waals surface area contributed by atoms with Crippen LogP contribution >= 0.6 is 0 Å². The van der Waals surface area contributed by atoms with Crippen molar-refractivity contribution < 1.29 is 14.3 Å². The molecule has 23 heavy (non-hydrogen) atoms. The number of urea groups is 1. The van der Waals surface area contributed by atoms with Gasteiger partial charge >= 0.3 is 6.03 Å². The number of para-hydroxylation sites is 1. The standard InChI is InChI=1S/C18H24N2O3/c1-22-14-6-7-17-16(12-14)20(10-11-23-17)18(21)19-9-8-13-4-2-3-5-15(13)19/h2-5,14,16-17H,6-12H2,1H3/t14-,16+,17+/m1/s1. The lowest BCUT2D eigenvalue weighted by Crippen LogP contribution is -2.59. The summed E-state index contributed by atoms with van der Waals surface area (Å²) in [6, 6.07) is 8.49. The van der Waals surface area contributed by atoms with Crippen LogP contribution in [0.1, 0.15) is 24.8 Å². The van der Waals surface area contributed by atoms with E-state index in [1.165, 1.54) is 5.56 Å². The number of rotatable bonds is 1. The van der Waals surface area contributed by atoms with E-state index >= 15 is 0 Å². The maximum absolute atomic E-state index is 13.2. The van der Waals surface area contributed by atoms with Gasteiger partial charge in [-0.3, -0.25) is 4.90 Å². The molecular formula is C18H24N2O3. The number of carbonyl (C=O) groups excluding carboxylic acids is 1. The normalized spacial score (nSPS) is 30.0. The molecule has 1 saturated carbocycles. The van der Waals surface area contributed by atoms with E-state index in [4.69, 9.17) is 9.47 Å². The summed E-state index contributed by atoms with van der Waals surface area (Å²) in [6.45, 7) is 2.09. The van der Waals surface area contributed by atoms with Gasteiger partial charge in [0.15, 0.2) is 0 Å². The molecule has 5 heteroatoms. The Labute approximate surface area is 137 Å². The third-order valence-corrected chi connectivity index (χ3v) is 5.47. The number of hydrogen-bond acceptors (Lipinski definition) is 3. The fraction of sp³-hybridized carbons (Fsp3) is 0.611. The highest BCUT2D eigenvalue weighted by Crippen LogP contribution is 2.33. The molecule has 1 aromatic rings. The molecule has 0 unspecified atom stereocenters. The minimum Gasteiger partial charge on any atom is -0.381 e. The molecular weight excluding hydrogens is 292 g/mol. The zero-order valence-corrected chi connectivity index (χ0v) is 13.6. The molecule has 0 N–H and O–H groups in total. The fourth-order valence-corrected chi connectivity index (χ4v) is 4.22. The summed E-state index contributed by atoms with van der Waals surface area (Å²) in [5.74, 6) is 0. The number of fused-ring (bicyclic) bond motifs is 2. The summed E-state index contributed by atoms with van der Waals surface area (Å²) in [4.78, 5) is 17.1. The Morgan fingerprint density at radius 1 is 1.26 bits per heavy atom. The van der Waals surface area contributed by atoms with Gasteiger partial charge in [-0.2, -0.15) is 0 Å². The SMILES string of the molecule is CO[C@@H]1CC[C@@H]2OCCN(C(=O)N3CCc4ccccc43)[C@H]2C1. The summed E-state index contributed by atoms with van der Waals surface area (Å²) in [5, 5.41) is 0. The van der Waals surface area contributed by atoms with Crippen molar-refractivity contribution in [3.05, 3.63) is 29.8 Å². The van der Waals surface area contributed by atoms with E-state index in [9.17, 15) is 4.79 Å². The first-order valence-electron chi connectivity index (χ1n) is 8.58. The molecule has 3 aliphatic rings. The van der Waals surface area contributed by atoms with Crippen molar-refractivity contribution in [1.82, 2.24) is 4.90 Å². The molecule has 1 aliphatic carbocycles. The van der Waals surface area contributed by atoms with Gasteiger partial charge in [-0.25, -0.2) is 4.79 Å². The second-order valence-corrected chi connectivity index (χ2v) is 6.65. The van der Waals surface area contributed by atoms with Gasteiger partial charge in [-0.15, -0.1) is 0 Å². The van der Waals surface area contributed by atoms with E-state index in [0.717, 1.165) is 37.9 Å². The Morgan fingerprint density at radius 3 is 3.00 bits per heavy atom. The Morgan fingerprint density at radius 2 is 2.13 bits per heavy atom. The molecule has 5 nitrogen and oxygen atoms in total. The molecule has 0 radical (unpaired) electrons. The summed E-state index contributed by atoms with van der Waals surface area (Å²) < 4.78 is 11.5. The van der Waals surface area contributed by atoms with Crippen molar-refractivity contribution in [3.8, 4) is 0 Å². The monoisotopic (exact) mass is 316 g/mol. The lowest BCUT2D eigenvalue weighted by molar-refractivity contribution is -0.0976. The second kappa shape index (κ2) is 6.13. The van der Waals surface area contributed by atoms with Gasteiger partial charge in [0.05, 0.1) is 24.9 Å². The summed E-state index contributed by atoms with van der Waals surface area (Å²) in [7, 11) is 1.76. The largest absolute Gasteiger partial charge is 0.381 e. The number of nitrogens with zero attached hydrogens (tertiary/aromatic N) is 2. The highest BCUT2D eigenvalue weighted by atomic mass is 16.5. The number of ether oxygens (including phenoxy) is 2. The minimum atomic E-state index is 0.130. The van der Waals surface area contributed by atoms with Crippen molar-refractivity contribution in [2.24, 2.45) is 0 Å². The topological polar surface area (TPSA) is 42.0 Å². The summed E-state index contributed by atoms with van der Waals surface area (Å²) >= 11 is 0. The molecule has 0 spiro atoms. The highest BCUT2D eigenvalue weighted by Gasteiger charge is 2.42. The highest BCUT2D eigenvalue weighted by molar-refractivity contribution is 5.94. The Kier molecular flexibility index (Phi) is 3.99. The maximum atomic E-state index is 13.2. The molecule has 1 aromatic carbocycles. The van der Waals surface area contributed by atoms with Crippen molar-refractivity contribution in [2.75, 3.05) is 31.7 Å². The predicted octanol–water partition coefficient (Wildman–Crippen LogP) is 2.44. The molecule has 2 amide bonds. The number of methoxy groups -OCH3 is 1. The molecule has 0 aromatic heterocycles. The average molecular weight is 316 g/mol. The number of carbonyl (C=O) groups is 1. The number of benzene rings is 1. The van der Waals surface area contributed by atoms with E-state index in [1.807, 2.05) is 21.9 Å². The number of anilines is 1. The molecule has 2 aliphatic heterocycles. The fourth-order valence-electron chi connectivity index (χ4n) is 4.22. The van der Waals surface area contributed by atoms with E-state index in [0.29, 0.717) is 13.2 Å². The Hall–Kier alpha value is -1.59. The van der Waals surface area contributed by atoms with Crippen LogP contribution in [0.15, 0.2) is 24.3 Å². The van der Waals surface area contributed by atoms with Crippen LogP contribution in [0, 0.1) is 0 Å². The molecule has 2 fully saturated rings. The third kappa shape index (κ3) is 2.62. The van der Waals surface area contributed by atoms with Gasteiger partial charge in [0, 0.05) is 25.9 Å². The Bertz CT molecular complexity index is 591. The summed E-state index contributed by atoms with van der Waals surface area (Å²) in [5.41, 5.74) is 2.34. The smallest absolute Gasteiger partial charge is 0.324 e. The third-order valence-electron chi connectivity index (χ3n) is 5.47. The second-order valence-electron chi connectivity index (χ2n) is 6.65. The lowest BCUT2D eigenvalue weighted by Gasteiger charge is -2.46. The van der Waals surface area contributed by atoms with Crippen LogP contribution in [0.2, 0.25) is 0 Å². The molecule has 2 heterocycles. The van der Waals surface area contributed by atoms with Gasteiger partial charge in [0.2, 0.25) is 0 Å². The van der Waals surface area contributed by atoms with Crippen molar-refractivity contribution in [2.45, 2.75) is 43.9 Å². The van der Waals surface area contributed by atoms with Crippen LogP contribution in [0.4, 0.5) is 10.5 Å². The first-order chi connectivity index (χ1) is 11.3. The number of hydrogen-bond donors (Lipinski definition) is 0. The maximum Gasteiger partial charge on any atom is 0.324 e. The van der Waals surface area contributed by atoms with Crippen molar-refractivity contribution in [3.63, 3.8) is 0 Å². The first kappa shape index (κ1) is 15.0. The number of amides is 2. The van der Waals surface area contributed by atoms with Crippen LogP contribution in [0.3, 0.4) is 0 Å².